The van der Waals surface area contributed by atoms with Crippen LogP contribution in [0.25, 0.3) is 28.1 Å². The Morgan fingerprint density at radius 2 is 1.86 bits per heavy atom. The fourth-order valence-corrected chi connectivity index (χ4v) is 2.99. The zero-order valence-electron chi connectivity index (χ0n) is 15.7. The molecule has 0 saturated carbocycles. The van der Waals surface area contributed by atoms with Gasteiger partial charge in [0.1, 0.15) is 5.58 Å². The molecule has 4 rings (SSSR count). The second-order valence-corrected chi connectivity index (χ2v) is 6.27. The van der Waals surface area contributed by atoms with E-state index in [4.69, 9.17) is 9.15 Å². The van der Waals surface area contributed by atoms with E-state index in [1.165, 1.54) is 6.07 Å². The van der Waals surface area contributed by atoms with Crippen molar-refractivity contribution < 1.29 is 13.9 Å². The molecule has 0 aliphatic carbocycles. The van der Waals surface area contributed by atoms with Gasteiger partial charge in [-0.15, -0.1) is 0 Å². The number of nitrogens with one attached hydrogen (secondary N) is 1. The molecule has 2 aromatic carbocycles. The van der Waals surface area contributed by atoms with Gasteiger partial charge in [-0.2, -0.15) is 0 Å². The van der Waals surface area contributed by atoms with E-state index < -0.39 is 5.97 Å². The SMILES string of the molecule is CCOC(=O)c1cc2c(=O)c3ccccc3oc2nc1/C=C/Nc1ccccc1. The molecule has 0 amide bonds. The van der Waals surface area contributed by atoms with Gasteiger partial charge in [-0.05, 0) is 43.3 Å². The Balaban J connectivity index is 1.84. The highest BCUT2D eigenvalue weighted by atomic mass is 16.5. The summed E-state index contributed by atoms with van der Waals surface area (Å²) in [5.74, 6) is -0.547. The largest absolute Gasteiger partial charge is 0.462 e. The predicted molar refractivity (Wildman–Crippen MR) is 113 cm³/mol. The normalized spacial score (nSPS) is 11.2. The van der Waals surface area contributed by atoms with Crippen LogP contribution in [0.3, 0.4) is 0 Å². The zero-order chi connectivity index (χ0) is 20.2. The molecule has 0 unspecified atom stereocenters. The Morgan fingerprint density at radius 3 is 2.66 bits per heavy atom. The maximum Gasteiger partial charge on any atom is 0.340 e. The van der Waals surface area contributed by atoms with Crippen LogP contribution in [0, 0.1) is 0 Å². The number of fused-ring (bicyclic) bond motifs is 2. The fourth-order valence-electron chi connectivity index (χ4n) is 2.99. The van der Waals surface area contributed by atoms with Gasteiger partial charge < -0.3 is 14.5 Å². The number of benzene rings is 2. The van der Waals surface area contributed by atoms with Gasteiger partial charge in [0.2, 0.25) is 11.1 Å². The average Bonchev–Trinajstić information content (AvgIpc) is 2.74. The molecule has 0 saturated heterocycles. The first kappa shape index (κ1) is 18.4. The van der Waals surface area contributed by atoms with Gasteiger partial charge in [-0.25, -0.2) is 9.78 Å². The number of pyridine rings is 1. The van der Waals surface area contributed by atoms with Crippen molar-refractivity contribution in [2.45, 2.75) is 6.92 Å². The molecular formula is C23H18N2O4. The summed E-state index contributed by atoms with van der Waals surface area (Å²) in [5, 5.41) is 3.79. The number of ether oxygens (including phenoxy) is 1. The minimum Gasteiger partial charge on any atom is -0.462 e. The standard InChI is InChI=1S/C23H18N2O4/c1-2-28-23(27)17-14-18-21(26)16-10-6-7-11-20(16)29-22(18)25-19(17)12-13-24-15-8-4-3-5-9-15/h3-14,24H,2H2,1H3/b13-12+. The molecule has 0 aliphatic heterocycles. The van der Waals surface area contributed by atoms with Crippen LogP contribution in [0.1, 0.15) is 23.0 Å². The van der Waals surface area contributed by atoms with Crippen LogP contribution in [0.2, 0.25) is 0 Å². The second-order valence-electron chi connectivity index (χ2n) is 6.27. The molecule has 29 heavy (non-hydrogen) atoms. The van der Waals surface area contributed by atoms with Crippen LogP contribution in [-0.2, 0) is 4.74 Å². The van der Waals surface area contributed by atoms with Crippen molar-refractivity contribution in [1.29, 1.82) is 0 Å². The summed E-state index contributed by atoms with van der Waals surface area (Å²) in [4.78, 5) is 29.7. The number of aromatic nitrogens is 1. The quantitative estimate of drug-likeness (QED) is 0.399. The van der Waals surface area contributed by atoms with Gasteiger partial charge in [-0.1, -0.05) is 30.3 Å². The van der Waals surface area contributed by atoms with E-state index >= 15 is 0 Å². The highest BCUT2D eigenvalue weighted by molar-refractivity contribution is 5.98. The van der Waals surface area contributed by atoms with Gasteiger partial charge >= 0.3 is 5.97 Å². The molecule has 4 aromatic rings. The van der Waals surface area contributed by atoms with Crippen LogP contribution in [0.5, 0.6) is 0 Å². The van der Waals surface area contributed by atoms with Crippen molar-refractivity contribution in [3.63, 3.8) is 0 Å². The van der Waals surface area contributed by atoms with Crippen LogP contribution in [0.4, 0.5) is 5.69 Å². The molecule has 0 atom stereocenters. The summed E-state index contributed by atoms with van der Waals surface area (Å²) in [6.45, 7) is 1.94. The smallest absolute Gasteiger partial charge is 0.340 e. The van der Waals surface area contributed by atoms with Crippen molar-refractivity contribution in [1.82, 2.24) is 4.98 Å². The van der Waals surface area contributed by atoms with Crippen molar-refractivity contribution in [2.24, 2.45) is 0 Å². The van der Waals surface area contributed by atoms with E-state index in [9.17, 15) is 9.59 Å². The lowest BCUT2D eigenvalue weighted by molar-refractivity contribution is 0.0526. The van der Waals surface area contributed by atoms with Gasteiger partial charge in [-0.3, -0.25) is 4.79 Å². The highest BCUT2D eigenvalue weighted by Crippen LogP contribution is 2.21. The number of rotatable bonds is 5. The number of carbonyl (C=O) groups excluding carboxylic acids is 1. The lowest BCUT2D eigenvalue weighted by atomic mass is 10.1. The maximum absolute atomic E-state index is 12.8. The number of nitrogens with zero attached hydrogens (tertiary/aromatic N) is 1. The number of carbonyl (C=O) groups is 1. The van der Waals surface area contributed by atoms with E-state index in [0.29, 0.717) is 16.7 Å². The number of anilines is 1. The Morgan fingerprint density at radius 1 is 1.10 bits per heavy atom. The number of esters is 1. The topological polar surface area (TPSA) is 81.4 Å². The van der Waals surface area contributed by atoms with Gasteiger partial charge in [0.05, 0.1) is 28.6 Å². The van der Waals surface area contributed by atoms with E-state index in [0.717, 1.165) is 5.69 Å². The van der Waals surface area contributed by atoms with E-state index in [1.54, 1.807) is 43.5 Å². The molecule has 0 fully saturated rings. The first-order chi connectivity index (χ1) is 14.2. The average molecular weight is 386 g/mol. The molecule has 0 bridgehead atoms. The van der Waals surface area contributed by atoms with Crippen molar-refractivity contribution in [2.75, 3.05) is 11.9 Å². The molecule has 6 nitrogen and oxygen atoms in total. The third kappa shape index (κ3) is 3.73. The summed E-state index contributed by atoms with van der Waals surface area (Å²) < 4.78 is 11.0. The van der Waals surface area contributed by atoms with Gasteiger partial charge in [0.15, 0.2) is 0 Å². The Kier molecular flexibility index (Phi) is 5.07. The third-order valence-corrected chi connectivity index (χ3v) is 4.36. The summed E-state index contributed by atoms with van der Waals surface area (Å²) in [7, 11) is 0. The van der Waals surface area contributed by atoms with Crippen LogP contribution in [0.15, 0.2) is 76.1 Å². The second kappa shape index (κ2) is 7.98. The molecule has 6 heteroatoms. The molecule has 0 radical (unpaired) electrons. The molecular weight excluding hydrogens is 368 g/mol. The lowest BCUT2D eigenvalue weighted by Gasteiger charge is -2.08. The van der Waals surface area contributed by atoms with Crippen molar-refractivity contribution in [3.8, 4) is 0 Å². The first-order valence-corrected chi connectivity index (χ1v) is 9.19. The lowest BCUT2D eigenvalue weighted by Crippen LogP contribution is -2.11. The number of para-hydroxylation sites is 2. The Bertz CT molecular complexity index is 1280. The van der Waals surface area contributed by atoms with E-state index in [1.807, 2.05) is 30.3 Å². The molecule has 144 valence electrons. The highest BCUT2D eigenvalue weighted by Gasteiger charge is 2.17. The molecule has 2 heterocycles. The Hall–Kier alpha value is -3.93. The minimum absolute atomic E-state index is 0.168. The van der Waals surface area contributed by atoms with E-state index in [2.05, 4.69) is 10.3 Å². The van der Waals surface area contributed by atoms with Crippen molar-refractivity contribution >= 4 is 39.8 Å². The zero-order valence-corrected chi connectivity index (χ0v) is 15.7. The van der Waals surface area contributed by atoms with Crippen molar-refractivity contribution in [3.05, 3.63) is 88.3 Å². The van der Waals surface area contributed by atoms with Gasteiger partial charge in [0.25, 0.3) is 0 Å². The summed E-state index contributed by atoms with van der Waals surface area (Å²) in [5.41, 5.74) is 1.81. The summed E-state index contributed by atoms with van der Waals surface area (Å²) in [6.07, 6.45) is 3.32. The molecule has 2 aromatic heterocycles. The monoisotopic (exact) mass is 386 g/mol. The predicted octanol–water partition coefficient (Wildman–Crippen LogP) is 4.60. The summed E-state index contributed by atoms with van der Waals surface area (Å²) >= 11 is 0. The number of hydrogen-bond donors (Lipinski definition) is 1. The maximum atomic E-state index is 12.8. The molecule has 1 N–H and O–H groups in total. The van der Waals surface area contributed by atoms with Gasteiger partial charge in [0, 0.05) is 11.9 Å². The van der Waals surface area contributed by atoms with Crippen LogP contribution >= 0.6 is 0 Å². The van der Waals surface area contributed by atoms with Crippen LogP contribution < -0.4 is 10.7 Å². The minimum atomic E-state index is -0.547. The molecule has 0 aliphatic rings. The molecule has 0 spiro atoms. The Labute approximate surface area is 166 Å². The third-order valence-electron chi connectivity index (χ3n) is 4.36. The fraction of sp³-hybridized carbons (Fsp3) is 0.0870. The van der Waals surface area contributed by atoms with Crippen LogP contribution in [-0.4, -0.2) is 17.6 Å². The van der Waals surface area contributed by atoms with E-state index in [-0.39, 0.29) is 28.7 Å². The summed E-state index contributed by atoms with van der Waals surface area (Å²) in [6, 6.07) is 18.0. The first-order valence-electron chi connectivity index (χ1n) is 9.19. The number of hydrogen-bond acceptors (Lipinski definition) is 6.